The van der Waals surface area contributed by atoms with Gasteiger partial charge in [0.15, 0.2) is 6.04 Å². The highest BCUT2D eigenvalue weighted by molar-refractivity contribution is 6.24. The van der Waals surface area contributed by atoms with E-state index in [1.165, 1.54) is 29.3 Å². The van der Waals surface area contributed by atoms with E-state index in [0.717, 1.165) is 16.0 Å². The van der Waals surface area contributed by atoms with Crippen LogP contribution in [-0.4, -0.2) is 45.6 Å². The molecule has 4 unspecified atom stereocenters. The summed E-state index contributed by atoms with van der Waals surface area (Å²) in [6, 6.07) is 10.9. The third-order valence-corrected chi connectivity index (χ3v) is 6.26. The van der Waals surface area contributed by atoms with E-state index < -0.39 is 52.2 Å². The van der Waals surface area contributed by atoms with Crippen molar-refractivity contribution in [3.8, 4) is 0 Å². The molecule has 0 N–H and O–H groups in total. The second-order valence-electron chi connectivity index (χ2n) is 9.51. The maximum Gasteiger partial charge on any atom is 0.331 e. The molecule has 10 heteroatoms. The molecule has 174 valence electrons. The number of benzene rings is 2. The van der Waals surface area contributed by atoms with E-state index in [2.05, 4.69) is 5.10 Å². The summed E-state index contributed by atoms with van der Waals surface area (Å²) < 4.78 is 5.62. The number of hydrogen-bond acceptors (Lipinski definition) is 8. The summed E-state index contributed by atoms with van der Waals surface area (Å²) >= 11 is 0. The minimum Gasteiger partial charge on any atom is -0.458 e. The van der Waals surface area contributed by atoms with Crippen LogP contribution in [0.5, 0.6) is 0 Å². The minimum absolute atomic E-state index is 0.156. The number of hydrazone groups is 1. The molecule has 0 bridgehead atoms. The molecule has 0 aromatic heterocycles. The van der Waals surface area contributed by atoms with Gasteiger partial charge in [-0.1, -0.05) is 24.3 Å². The molecule has 3 aliphatic rings. The molecule has 2 saturated heterocycles. The first-order valence-corrected chi connectivity index (χ1v) is 10.8. The van der Waals surface area contributed by atoms with Gasteiger partial charge in [-0.15, -0.1) is 0 Å². The van der Waals surface area contributed by atoms with E-state index in [4.69, 9.17) is 4.74 Å². The third-order valence-electron chi connectivity index (χ3n) is 6.26. The molecule has 2 amide bonds. The molecule has 5 rings (SSSR count). The highest BCUT2D eigenvalue weighted by Crippen LogP contribution is 2.52. The number of ether oxygens (including phenoxy) is 1. The Hall–Kier alpha value is -4.08. The van der Waals surface area contributed by atoms with Crippen molar-refractivity contribution in [2.75, 3.05) is 4.90 Å². The lowest BCUT2D eigenvalue weighted by Crippen LogP contribution is -2.46. The van der Waals surface area contributed by atoms with Crippen molar-refractivity contribution in [3.05, 3.63) is 69.8 Å². The Kier molecular flexibility index (Phi) is 4.78. The van der Waals surface area contributed by atoms with Crippen molar-refractivity contribution in [1.29, 1.82) is 0 Å². The van der Waals surface area contributed by atoms with Gasteiger partial charge >= 0.3 is 5.97 Å². The zero-order valence-electron chi connectivity index (χ0n) is 18.7. The summed E-state index contributed by atoms with van der Waals surface area (Å²) in [5.74, 6) is -3.53. The van der Waals surface area contributed by atoms with Gasteiger partial charge in [0, 0.05) is 12.1 Å². The quantitative estimate of drug-likeness (QED) is 0.297. The summed E-state index contributed by atoms with van der Waals surface area (Å²) in [6.07, 6.45) is 1.62. The van der Waals surface area contributed by atoms with E-state index in [1.54, 1.807) is 27.0 Å². The second-order valence-corrected chi connectivity index (χ2v) is 9.51. The number of nitrogens with zero attached hydrogens (tertiary/aromatic N) is 4. The van der Waals surface area contributed by atoms with E-state index in [0.29, 0.717) is 0 Å². The standard InChI is InChI=1S/C24H22N4O6/c1-24(2,3)34-23(31)20-18-17(19-16-7-5-4-6-13(16)12-25-27(19)20)21(29)26(22(18)30)14-8-10-15(11-9-14)28(32)33/h4-12,17-20H,1-3H3. The van der Waals surface area contributed by atoms with Crippen molar-refractivity contribution in [2.24, 2.45) is 16.9 Å². The van der Waals surface area contributed by atoms with Crippen LogP contribution in [0.15, 0.2) is 53.6 Å². The van der Waals surface area contributed by atoms with Gasteiger partial charge in [0.25, 0.3) is 5.69 Å². The van der Waals surface area contributed by atoms with Gasteiger partial charge in [-0.2, -0.15) is 5.10 Å². The molecule has 2 aromatic rings. The van der Waals surface area contributed by atoms with Crippen molar-refractivity contribution >= 4 is 35.4 Å². The van der Waals surface area contributed by atoms with Gasteiger partial charge in [0.1, 0.15) is 5.60 Å². The summed E-state index contributed by atoms with van der Waals surface area (Å²) in [6.45, 7) is 5.19. The number of amides is 2. The van der Waals surface area contributed by atoms with E-state index in [-0.39, 0.29) is 11.4 Å². The number of non-ortho nitro benzene ring substituents is 1. The number of fused-ring (bicyclic) bond motifs is 5. The number of imide groups is 1. The molecule has 0 saturated carbocycles. The van der Waals surface area contributed by atoms with Crippen LogP contribution in [0.4, 0.5) is 11.4 Å². The number of hydrogen-bond donors (Lipinski definition) is 0. The fourth-order valence-electron chi connectivity index (χ4n) is 4.98. The van der Waals surface area contributed by atoms with Gasteiger partial charge < -0.3 is 4.74 Å². The number of anilines is 1. The number of nitro benzene ring substituents is 1. The monoisotopic (exact) mass is 462 g/mol. The smallest absolute Gasteiger partial charge is 0.331 e. The number of carbonyl (C=O) groups is 3. The van der Waals surface area contributed by atoms with Gasteiger partial charge in [0.2, 0.25) is 11.8 Å². The molecule has 3 aliphatic heterocycles. The zero-order valence-corrected chi connectivity index (χ0v) is 18.7. The predicted octanol–water partition coefficient (Wildman–Crippen LogP) is 2.82. The summed E-state index contributed by atoms with van der Waals surface area (Å²) in [4.78, 5) is 52.1. The van der Waals surface area contributed by atoms with Crippen LogP contribution in [0.3, 0.4) is 0 Å². The van der Waals surface area contributed by atoms with Gasteiger partial charge in [-0.05, 0) is 44.0 Å². The Morgan fingerprint density at radius 1 is 1.03 bits per heavy atom. The highest BCUT2D eigenvalue weighted by atomic mass is 16.6. The number of carbonyl (C=O) groups excluding carboxylic acids is 3. The Bertz CT molecular complexity index is 1250. The lowest BCUT2D eigenvalue weighted by Gasteiger charge is -2.34. The maximum atomic E-state index is 13.7. The van der Waals surface area contributed by atoms with Gasteiger partial charge in [-0.25, -0.2) is 9.69 Å². The second kappa shape index (κ2) is 7.47. The first-order valence-electron chi connectivity index (χ1n) is 10.8. The molecule has 0 radical (unpaired) electrons. The third kappa shape index (κ3) is 3.25. The fraction of sp³-hybridized carbons (Fsp3) is 0.333. The highest BCUT2D eigenvalue weighted by Gasteiger charge is 2.66. The van der Waals surface area contributed by atoms with Crippen LogP contribution in [-0.2, 0) is 19.1 Å². The van der Waals surface area contributed by atoms with E-state index in [1.807, 2.05) is 24.3 Å². The molecule has 34 heavy (non-hydrogen) atoms. The normalized spacial score (nSPS) is 25.1. The van der Waals surface area contributed by atoms with Crippen LogP contribution in [0.2, 0.25) is 0 Å². The van der Waals surface area contributed by atoms with Crippen molar-refractivity contribution < 1.29 is 24.0 Å². The zero-order chi connectivity index (χ0) is 24.4. The topological polar surface area (TPSA) is 122 Å². The summed E-state index contributed by atoms with van der Waals surface area (Å²) in [5.41, 5.74) is 0.867. The molecule has 4 atom stereocenters. The van der Waals surface area contributed by atoms with Crippen LogP contribution in [0.1, 0.15) is 37.9 Å². The first-order chi connectivity index (χ1) is 16.1. The van der Waals surface area contributed by atoms with Crippen LogP contribution in [0.25, 0.3) is 0 Å². The molecule has 3 heterocycles. The molecule has 0 aliphatic carbocycles. The van der Waals surface area contributed by atoms with E-state index in [9.17, 15) is 24.5 Å². The molecule has 10 nitrogen and oxygen atoms in total. The average Bonchev–Trinajstić information content (AvgIpc) is 3.25. The van der Waals surface area contributed by atoms with Crippen LogP contribution in [0, 0.1) is 22.0 Å². The average molecular weight is 462 g/mol. The van der Waals surface area contributed by atoms with Crippen LogP contribution >= 0.6 is 0 Å². The summed E-state index contributed by atoms with van der Waals surface area (Å²) in [7, 11) is 0. The lowest BCUT2D eigenvalue weighted by atomic mass is 9.85. The van der Waals surface area contributed by atoms with Gasteiger partial charge in [0.05, 0.1) is 34.7 Å². The number of rotatable bonds is 3. The Labute approximate surface area is 194 Å². The number of nitro groups is 1. The molecule has 2 aromatic carbocycles. The van der Waals surface area contributed by atoms with Crippen molar-refractivity contribution in [3.63, 3.8) is 0 Å². The van der Waals surface area contributed by atoms with Gasteiger partial charge in [-0.3, -0.25) is 24.7 Å². The van der Waals surface area contributed by atoms with Crippen LogP contribution < -0.4 is 4.90 Å². The lowest BCUT2D eigenvalue weighted by molar-refractivity contribution is -0.384. The molecular formula is C24H22N4O6. The predicted molar refractivity (Wildman–Crippen MR) is 121 cm³/mol. The molecule has 0 spiro atoms. The minimum atomic E-state index is -1.08. The molecule has 2 fully saturated rings. The first kappa shape index (κ1) is 21.7. The molecular weight excluding hydrogens is 440 g/mol. The summed E-state index contributed by atoms with van der Waals surface area (Å²) in [5, 5.41) is 17.0. The Morgan fingerprint density at radius 2 is 1.68 bits per heavy atom. The SMILES string of the molecule is CC(C)(C)OC(=O)C1C2C(=O)N(c3ccc([N+](=O)[O-])cc3)C(=O)C2C2c3ccccc3C=NN12. The van der Waals surface area contributed by atoms with Crippen molar-refractivity contribution in [2.45, 2.75) is 38.5 Å². The van der Waals surface area contributed by atoms with E-state index >= 15 is 0 Å². The number of esters is 1. The Balaban J connectivity index is 1.60. The van der Waals surface area contributed by atoms with Crippen molar-refractivity contribution in [1.82, 2.24) is 5.01 Å². The largest absolute Gasteiger partial charge is 0.458 e. The maximum absolute atomic E-state index is 13.7. The fourth-order valence-corrected chi connectivity index (χ4v) is 4.98. The Morgan fingerprint density at radius 3 is 2.32 bits per heavy atom.